The molecule has 1 aliphatic heterocycles. The van der Waals surface area contributed by atoms with Gasteiger partial charge in [-0.25, -0.2) is 0 Å². The molecule has 4 N–H and O–H groups in total. The number of para-hydroxylation sites is 1. The molecule has 0 saturated carbocycles. The van der Waals surface area contributed by atoms with Gasteiger partial charge in [-0.3, -0.25) is 14.4 Å². The fraction of sp³-hybridized carbons (Fsp3) is 0.182. The van der Waals surface area contributed by atoms with Gasteiger partial charge in [0.05, 0.1) is 18.4 Å². The zero-order valence-corrected chi connectivity index (χ0v) is 22.0. The van der Waals surface area contributed by atoms with Crippen LogP contribution >= 0.6 is 0 Å². The molecule has 2 unspecified atom stereocenters. The first-order valence-corrected chi connectivity index (χ1v) is 12.9. The highest BCUT2D eigenvalue weighted by molar-refractivity contribution is 6.15. The standard InChI is InChI=1S/C33H31N3O3/c1-21-12-16-24(17-13-21)28(30(34)37)33(29(31(35)38)25-18-14-22(2)15-19-25)26-10-6-7-11-27(26)36(32(33)39)20-23-8-4-3-5-9-23/h3-19,28-29H,20H2,1-2H3,(H2,34,37)(H2,35,38). The van der Waals surface area contributed by atoms with Gasteiger partial charge in [-0.2, -0.15) is 0 Å². The molecule has 4 aromatic rings. The maximum absolute atomic E-state index is 15.0. The van der Waals surface area contributed by atoms with E-state index in [-0.39, 0.29) is 12.5 Å². The lowest BCUT2D eigenvalue weighted by Crippen LogP contribution is -2.55. The number of hydrogen-bond donors (Lipinski definition) is 2. The number of anilines is 1. The molecule has 6 nitrogen and oxygen atoms in total. The van der Waals surface area contributed by atoms with Crippen molar-refractivity contribution < 1.29 is 14.4 Å². The van der Waals surface area contributed by atoms with E-state index in [0.29, 0.717) is 22.4 Å². The summed E-state index contributed by atoms with van der Waals surface area (Å²) in [6, 6.07) is 31.6. The van der Waals surface area contributed by atoms with Crippen LogP contribution in [0, 0.1) is 13.8 Å². The molecule has 0 bridgehead atoms. The van der Waals surface area contributed by atoms with E-state index < -0.39 is 29.1 Å². The average molecular weight is 518 g/mol. The Morgan fingerprint density at radius 2 is 1.15 bits per heavy atom. The lowest BCUT2D eigenvalue weighted by Gasteiger charge is -2.40. The number of fused-ring (bicyclic) bond motifs is 1. The third-order valence-electron chi connectivity index (χ3n) is 7.72. The van der Waals surface area contributed by atoms with E-state index in [1.165, 1.54) is 0 Å². The second kappa shape index (κ2) is 10.2. The number of carbonyl (C=O) groups is 3. The van der Waals surface area contributed by atoms with E-state index in [0.717, 1.165) is 16.7 Å². The number of primary amides is 2. The first-order valence-electron chi connectivity index (χ1n) is 12.9. The molecule has 0 aliphatic carbocycles. The van der Waals surface area contributed by atoms with Crippen molar-refractivity contribution >= 4 is 23.4 Å². The quantitative estimate of drug-likeness (QED) is 0.356. The van der Waals surface area contributed by atoms with Gasteiger partial charge in [-0.15, -0.1) is 0 Å². The summed E-state index contributed by atoms with van der Waals surface area (Å²) in [7, 11) is 0. The van der Waals surface area contributed by atoms with Gasteiger partial charge in [0, 0.05) is 5.69 Å². The van der Waals surface area contributed by atoms with Gasteiger partial charge in [-0.05, 0) is 42.2 Å². The molecule has 1 aliphatic rings. The van der Waals surface area contributed by atoms with Crippen molar-refractivity contribution in [1.82, 2.24) is 0 Å². The molecule has 0 aromatic heterocycles. The van der Waals surface area contributed by atoms with Crippen molar-refractivity contribution in [2.24, 2.45) is 11.5 Å². The summed E-state index contributed by atoms with van der Waals surface area (Å²) in [4.78, 5) is 43.6. The molecule has 3 amide bonds. The minimum absolute atomic E-state index is 0.261. The Kier molecular flexibility index (Phi) is 6.79. The van der Waals surface area contributed by atoms with Crippen molar-refractivity contribution in [3.8, 4) is 0 Å². The molecular formula is C33H31N3O3. The smallest absolute Gasteiger partial charge is 0.240 e. The second-order valence-corrected chi connectivity index (χ2v) is 10.3. The normalized spacial score (nSPS) is 17.9. The van der Waals surface area contributed by atoms with Crippen LogP contribution in [0.25, 0.3) is 0 Å². The van der Waals surface area contributed by atoms with Crippen LogP contribution in [-0.4, -0.2) is 17.7 Å². The van der Waals surface area contributed by atoms with Crippen molar-refractivity contribution in [2.75, 3.05) is 4.90 Å². The summed E-state index contributed by atoms with van der Waals surface area (Å²) in [6.07, 6.45) is 0. The number of rotatable bonds is 8. The first kappa shape index (κ1) is 25.9. The molecule has 6 heteroatoms. The Hall–Kier alpha value is -4.71. The number of nitrogens with two attached hydrogens (primary N) is 2. The van der Waals surface area contributed by atoms with Gasteiger partial charge in [0.25, 0.3) is 0 Å². The third-order valence-corrected chi connectivity index (χ3v) is 7.72. The summed E-state index contributed by atoms with van der Waals surface area (Å²) < 4.78 is 0. The minimum atomic E-state index is -1.70. The monoisotopic (exact) mass is 517 g/mol. The molecule has 2 atom stereocenters. The molecule has 0 radical (unpaired) electrons. The Morgan fingerprint density at radius 3 is 1.64 bits per heavy atom. The van der Waals surface area contributed by atoms with E-state index in [2.05, 4.69) is 0 Å². The van der Waals surface area contributed by atoms with Gasteiger partial charge in [0.15, 0.2) is 0 Å². The zero-order valence-electron chi connectivity index (χ0n) is 22.0. The topological polar surface area (TPSA) is 106 Å². The van der Waals surface area contributed by atoms with Crippen molar-refractivity contribution in [3.05, 3.63) is 137 Å². The summed E-state index contributed by atoms with van der Waals surface area (Å²) >= 11 is 0. The zero-order chi connectivity index (χ0) is 27.7. The molecule has 0 fully saturated rings. The van der Waals surface area contributed by atoms with Crippen LogP contribution in [0.5, 0.6) is 0 Å². The van der Waals surface area contributed by atoms with Crippen molar-refractivity contribution in [2.45, 2.75) is 37.6 Å². The van der Waals surface area contributed by atoms with Gasteiger partial charge in [0.2, 0.25) is 17.7 Å². The number of aryl methyl sites for hydroxylation is 2. The number of benzene rings is 4. The Morgan fingerprint density at radius 1 is 0.692 bits per heavy atom. The molecule has 0 saturated heterocycles. The minimum Gasteiger partial charge on any atom is -0.369 e. The van der Waals surface area contributed by atoms with E-state index in [4.69, 9.17) is 11.5 Å². The van der Waals surface area contributed by atoms with Crippen LogP contribution in [-0.2, 0) is 26.3 Å². The largest absolute Gasteiger partial charge is 0.369 e. The predicted octanol–water partition coefficient (Wildman–Crippen LogP) is 4.63. The number of hydrogen-bond acceptors (Lipinski definition) is 3. The van der Waals surface area contributed by atoms with Gasteiger partial charge >= 0.3 is 0 Å². The average Bonchev–Trinajstić information content (AvgIpc) is 3.15. The van der Waals surface area contributed by atoms with Gasteiger partial charge in [0.1, 0.15) is 5.41 Å². The highest BCUT2D eigenvalue weighted by Crippen LogP contribution is 2.57. The van der Waals surface area contributed by atoms with Crippen LogP contribution in [0.3, 0.4) is 0 Å². The maximum Gasteiger partial charge on any atom is 0.240 e. The number of carbonyl (C=O) groups excluding carboxylic acids is 3. The van der Waals surface area contributed by atoms with Crippen LogP contribution in [0.4, 0.5) is 5.69 Å². The van der Waals surface area contributed by atoms with Crippen LogP contribution < -0.4 is 16.4 Å². The molecular weight excluding hydrogens is 486 g/mol. The second-order valence-electron chi connectivity index (χ2n) is 10.3. The van der Waals surface area contributed by atoms with Crippen molar-refractivity contribution in [1.29, 1.82) is 0 Å². The van der Waals surface area contributed by atoms with Gasteiger partial charge in [-0.1, -0.05) is 108 Å². The van der Waals surface area contributed by atoms with E-state index >= 15 is 0 Å². The summed E-state index contributed by atoms with van der Waals surface area (Å²) in [6.45, 7) is 4.14. The Bertz CT molecular complexity index is 1470. The number of nitrogens with zero attached hydrogens (tertiary/aromatic N) is 1. The molecule has 5 rings (SSSR count). The number of amides is 3. The summed E-state index contributed by atoms with van der Waals surface area (Å²) in [5, 5.41) is 0. The predicted molar refractivity (Wildman–Crippen MR) is 152 cm³/mol. The molecule has 39 heavy (non-hydrogen) atoms. The fourth-order valence-electron chi connectivity index (χ4n) is 5.98. The Labute approximate surface area is 228 Å². The van der Waals surface area contributed by atoms with Gasteiger partial charge < -0.3 is 16.4 Å². The van der Waals surface area contributed by atoms with E-state index in [1.807, 2.05) is 92.7 Å². The van der Waals surface area contributed by atoms with Crippen LogP contribution in [0.2, 0.25) is 0 Å². The molecule has 4 aromatic carbocycles. The maximum atomic E-state index is 15.0. The molecule has 0 spiro atoms. The SMILES string of the molecule is Cc1ccc(C(C(N)=O)C2(C(C(N)=O)c3ccc(C)cc3)C(=O)N(Cc3ccccc3)c3ccccc32)cc1. The van der Waals surface area contributed by atoms with E-state index in [9.17, 15) is 14.4 Å². The van der Waals surface area contributed by atoms with E-state index in [1.54, 1.807) is 29.2 Å². The highest BCUT2D eigenvalue weighted by Gasteiger charge is 2.63. The summed E-state index contributed by atoms with van der Waals surface area (Å²) in [5.41, 5.74) is 15.8. The lowest BCUT2D eigenvalue weighted by atomic mass is 9.58. The summed E-state index contributed by atoms with van der Waals surface area (Å²) in [5.74, 6) is -4.12. The van der Waals surface area contributed by atoms with Crippen LogP contribution in [0.1, 0.15) is 45.2 Å². The lowest BCUT2D eigenvalue weighted by molar-refractivity contribution is -0.134. The first-order chi connectivity index (χ1) is 18.7. The van der Waals surface area contributed by atoms with Crippen LogP contribution in [0.15, 0.2) is 103 Å². The highest BCUT2D eigenvalue weighted by atomic mass is 16.2. The molecule has 1 heterocycles. The fourth-order valence-corrected chi connectivity index (χ4v) is 5.98. The van der Waals surface area contributed by atoms with Crippen molar-refractivity contribution in [3.63, 3.8) is 0 Å². The Balaban J connectivity index is 1.84. The molecule has 196 valence electrons. The third kappa shape index (κ3) is 4.38.